The predicted molar refractivity (Wildman–Crippen MR) is 111 cm³/mol. The van der Waals surface area contributed by atoms with Gasteiger partial charge in [-0.2, -0.15) is 5.10 Å². The van der Waals surface area contributed by atoms with Crippen molar-refractivity contribution >= 4 is 12.2 Å². The van der Waals surface area contributed by atoms with E-state index < -0.39 is 5.60 Å². The molecule has 0 saturated carbocycles. The number of fused-ring (bicyclic) bond motifs is 1. The summed E-state index contributed by atoms with van der Waals surface area (Å²) in [6, 6.07) is 9.35. The van der Waals surface area contributed by atoms with Crippen molar-refractivity contribution in [3.8, 4) is 11.7 Å². The van der Waals surface area contributed by atoms with Crippen molar-refractivity contribution in [3.05, 3.63) is 65.1 Å². The SMILES string of the molecule is COc1ccc(C(OC2(C)C=c3cnn(-c4ccccn4)c3=CC2)C(C)N)cn1. The Balaban J connectivity index is 1.64. The number of ether oxygens (including phenoxy) is 2. The molecule has 3 atom stereocenters. The van der Waals surface area contributed by atoms with Gasteiger partial charge in [0.2, 0.25) is 5.88 Å². The first-order valence-electron chi connectivity index (χ1n) is 9.61. The predicted octanol–water partition coefficient (Wildman–Crippen LogP) is 1.50. The van der Waals surface area contributed by atoms with Gasteiger partial charge in [-0.15, -0.1) is 0 Å². The zero-order chi connectivity index (χ0) is 20.4. The molecule has 29 heavy (non-hydrogen) atoms. The summed E-state index contributed by atoms with van der Waals surface area (Å²) in [5, 5.41) is 6.55. The second kappa shape index (κ2) is 7.77. The first kappa shape index (κ1) is 19.3. The van der Waals surface area contributed by atoms with Crippen molar-refractivity contribution in [2.75, 3.05) is 7.11 Å². The zero-order valence-corrected chi connectivity index (χ0v) is 16.8. The molecule has 3 aromatic rings. The summed E-state index contributed by atoms with van der Waals surface area (Å²) in [5.74, 6) is 1.35. The van der Waals surface area contributed by atoms with Crippen LogP contribution in [0.15, 0.2) is 48.9 Å². The Hall–Kier alpha value is -3.03. The molecule has 150 valence electrons. The lowest BCUT2D eigenvalue weighted by Gasteiger charge is -2.34. The quantitative estimate of drug-likeness (QED) is 0.685. The molecule has 0 bridgehead atoms. The molecule has 3 aromatic heterocycles. The van der Waals surface area contributed by atoms with E-state index in [-0.39, 0.29) is 12.1 Å². The summed E-state index contributed by atoms with van der Waals surface area (Å²) in [5.41, 5.74) is 6.67. The molecule has 3 heterocycles. The molecule has 0 amide bonds. The van der Waals surface area contributed by atoms with Crippen LogP contribution in [-0.4, -0.2) is 38.5 Å². The average Bonchev–Trinajstić information content (AvgIpc) is 3.15. The van der Waals surface area contributed by atoms with Crippen molar-refractivity contribution in [2.24, 2.45) is 5.73 Å². The van der Waals surface area contributed by atoms with Crippen molar-refractivity contribution in [1.82, 2.24) is 19.7 Å². The minimum atomic E-state index is -0.511. The lowest BCUT2D eigenvalue weighted by molar-refractivity contribution is -0.0506. The highest BCUT2D eigenvalue weighted by molar-refractivity contribution is 5.46. The van der Waals surface area contributed by atoms with Gasteiger partial charge in [0, 0.05) is 41.7 Å². The molecular weight excluding hydrogens is 366 g/mol. The highest BCUT2D eigenvalue weighted by Crippen LogP contribution is 2.31. The van der Waals surface area contributed by atoms with Crippen LogP contribution >= 0.6 is 0 Å². The summed E-state index contributed by atoms with van der Waals surface area (Å²) in [6.07, 6.45) is 10.0. The van der Waals surface area contributed by atoms with E-state index >= 15 is 0 Å². The molecule has 0 aromatic carbocycles. The fraction of sp³-hybridized carbons (Fsp3) is 0.318. The minimum absolute atomic E-state index is 0.201. The van der Waals surface area contributed by atoms with Crippen LogP contribution in [0, 0.1) is 0 Å². The summed E-state index contributed by atoms with van der Waals surface area (Å²) < 4.78 is 13.5. The maximum Gasteiger partial charge on any atom is 0.212 e. The van der Waals surface area contributed by atoms with Crippen LogP contribution in [0.2, 0.25) is 0 Å². The van der Waals surface area contributed by atoms with Crippen LogP contribution in [-0.2, 0) is 4.74 Å². The number of nitrogens with two attached hydrogens (primary N) is 1. The van der Waals surface area contributed by atoms with Gasteiger partial charge >= 0.3 is 0 Å². The average molecular weight is 391 g/mol. The largest absolute Gasteiger partial charge is 0.481 e. The Morgan fingerprint density at radius 1 is 1.17 bits per heavy atom. The standard InChI is InChI=1S/C22H25N5O2/c1-15(23)21(16-7-8-20(28-3)25-13-16)29-22(2)10-9-18-17(12-22)14-26-27(18)19-6-4-5-11-24-19/h4-9,11-15,21H,10,23H2,1-3H3. The molecule has 0 fully saturated rings. The molecule has 1 aliphatic rings. The summed E-state index contributed by atoms with van der Waals surface area (Å²) in [6.45, 7) is 4.01. The van der Waals surface area contributed by atoms with E-state index in [2.05, 4.69) is 34.1 Å². The third kappa shape index (κ3) is 3.92. The molecule has 0 spiro atoms. The van der Waals surface area contributed by atoms with Gasteiger partial charge < -0.3 is 15.2 Å². The van der Waals surface area contributed by atoms with Crippen LogP contribution in [0.5, 0.6) is 5.88 Å². The Morgan fingerprint density at radius 3 is 2.69 bits per heavy atom. The fourth-order valence-electron chi connectivity index (χ4n) is 3.57. The van der Waals surface area contributed by atoms with Crippen LogP contribution in [0.3, 0.4) is 0 Å². The maximum atomic E-state index is 6.53. The van der Waals surface area contributed by atoms with Gasteiger partial charge in [-0.1, -0.05) is 12.1 Å². The van der Waals surface area contributed by atoms with E-state index in [1.54, 1.807) is 19.5 Å². The van der Waals surface area contributed by atoms with E-state index in [0.29, 0.717) is 12.3 Å². The minimum Gasteiger partial charge on any atom is -0.481 e. The smallest absolute Gasteiger partial charge is 0.212 e. The zero-order valence-electron chi connectivity index (χ0n) is 16.8. The lowest BCUT2D eigenvalue weighted by Crippen LogP contribution is -2.42. The van der Waals surface area contributed by atoms with Gasteiger partial charge in [-0.25, -0.2) is 14.6 Å². The highest BCUT2D eigenvalue weighted by Gasteiger charge is 2.31. The number of hydrogen-bond donors (Lipinski definition) is 1. The Morgan fingerprint density at radius 2 is 2.03 bits per heavy atom. The second-order valence-electron chi connectivity index (χ2n) is 7.48. The van der Waals surface area contributed by atoms with Gasteiger partial charge in [0.1, 0.15) is 0 Å². The molecule has 1 aliphatic carbocycles. The van der Waals surface area contributed by atoms with Crippen molar-refractivity contribution in [3.63, 3.8) is 0 Å². The van der Waals surface area contributed by atoms with Crippen molar-refractivity contribution < 1.29 is 9.47 Å². The van der Waals surface area contributed by atoms with Gasteiger partial charge in [0.15, 0.2) is 5.82 Å². The Kier molecular flexibility index (Phi) is 5.17. The molecule has 4 rings (SSSR count). The fourth-order valence-corrected chi connectivity index (χ4v) is 3.57. The highest BCUT2D eigenvalue weighted by atomic mass is 16.5. The number of methoxy groups -OCH3 is 1. The van der Waals surface area contributed by atoms with Crippen LogP contribution in [0.4, 0.5) is 0 Å². The summed E-state index contributed by atoms with van der Waals surface area (Å²) >= 11 is 0. The Labute approximate surface area is 169 Å². The monoisotopic (exact) mass is 391 g/mol. The normalized spacial score (nSPS) is 20.1. The third-order valence-electron chi connectivity index (χ3n) is 5.03. The number of rotatable bonds is 6. The third-order valence-corrected chi connectivity index (χ3v) is 5.03. The molecular formula is C22H25N5O2. The second-order valence-corrected chi connectivity index (χ2v) is 7.48. The summed E-state index contributed by atoms with van der Waals surface area (Å²) in [7, 11) is 1.60. The number of pyridine rings is 2. The maximum absolute atomic E-state index is 6.53. The van der Waals surface area contributed by atoms with Gasteiger partial charge in [-0.3, -0.25) is 0 Å². The van der Waals surface area contributed by atoms with Gasteiger partial charge in [0.05, 0.1) is 30.4 Å². The topological polar surface area (TPSA) is 88.1 Å². The number of hydrogen-bond acceptors (Lipinski definition) is 6. The van der Waals surface area contributed by atoms with Crippen LogP contribution < -0.4 is 21.0 Å². The van der Waals surface area contributed by atoms with Gasteiger partial charge in [-0.05, 0) is 38.1 Å². The van der Waals surface area contributed by atoms with Crippen LogP contribution in [0.25, 0.3) is 18.0 Å². The molecule has 0 radical (unpaired) electrons. The van der Waals surface area contributed by atoms with Gasteiger partial charge in [0.25, 0.3) is 0 Å². The first-order chi connectivity index (χ1) is 14.0. The molecule has 0 aliphatic heterocycles. The first-order valence-corrected chi connectivity index (χ1v) is 9.61. The van der Waals surface area contributed by atoms with E-state index in [1.807, 2.05) is 48.1 Å². The van der Waals surface area contributed by atoms with Crippen molar-refractivity contribution in [1.29, 1.82) is 0 Å². The molecule has 7 nitrogen and oxygen atoms in total. The van der Waals surface area contributed by atoms with E-state index in [4.69, 9.17) is 15.2 Å². The molecule has 3 unspecified atom stereocenters. The van der Waals surface area contributed by atoms with E-state index in [9.17, 15) is 0 Å². The lowest BCUT2D eigenvalue weighted by atomic mass is 9.95. The Bertz CT molecular complexity index is 1090. The van der Waals surface area contributed by atoms with E-state index in [1.165, 1.54) is 0 Å². The molecule has 2 N–H and O–H groups in total. The van der Waals surface area contributed by atoms with Crippen LogP contribution in [0.1, 0.15) is 31.9 Å². The number of aromatic nitrogens is 4. The molecule has 0 saturated heterocycles. The van der Waals surface area contributed by atoms with E-state index in [0.717, 1.165) is 21.9 Å². The summed E-state index contributed by atoms with van der Waals surface area (Å²) in [4.78, 5) is 8.69. The molecule has 7 heteroatoms. The number of nitrogens with zero attached hydrogens (tertiary/aromatic N) is 4. The van der Waals surface area contributed by atoms with Crippen molar-refractivity contribution in [2.45, 2.75) is 38.0 Å².